The first-order chi connectivity index (χ1) is 8.28. The molecule has 18 heavy (non-hydrogen) atoms. The van der Waals surface area contributed by atoms with E-state index >= 15 is 0 Å². The van der Waals surface area contributed by atoms with Crippen LogP contribution in [0.15, 0.2) is 0 Å². The fourth-order valence-corrected chi connectivity index (χ4v) is 2.19. The van der Waals surface area contributed by atoms with Gasteiger partial charge in [0.25, 0.3) is 0 Å². The molecule has 1 saturated carbocycles. The zero-order chi connectivity index (χ0) is 13.8. The number of carboxylic acids is 1. The maximum atomic E-state index is 11.7. The maximum Gasteiger partial charge on any atom is 0.306 e. The zero-order valence-corrected chi connectivity index (χ0v) is 11.5. The van der Waals surface area contributed by atoms with Gasteiger partial charge in [-0.25, -0.2) is 0 Å². The van der Waals surface area contributed by atoms with Crippen molar-refractivity contribution in [3.05, 3.63) is 0 Å². The summed E-state index contributed by atoms with van der Waals surface area (Å²) in [5.41, 5.74) is 0.0159. The molecule has 5 nitrogen and oxygen atoms in total. The van der Waals surface area contributed by atoms with Crippen molar-refractivity contribution >= 4 is 11.9 Å². The van der Waals surface area contributed by atoms with Crippen molar-refractivity contribution in [3.8, 4) is 0 Å². The van der Waals surface area contributed by atoms with E-state index in [2.05, 4.69) is 31.4 Å². The first-order valence-electron chi connectivity index (χ1n) is 6.55. The van der Waals surface area contributed by atoms with Gasteiger partial charge in [0.15, 0.2) is 0 Å². The van der Waals surface area contributed by atoms with Crippen LogP contribution in [0, 0.1) is 5.92 Å². The van der Waals surface area contributed by atoms with Crippen LogP contribution in [0.3, 0.4) is 0 Å². The summed E-state index contributed by atoms with van der Waals surface area (Å²) in [5, 5.41) is 15.0. The molecular formula is C13H24N2O3. The Morgan fingerprint density at radius 2 is 1.94 bits per heavy atom. The van der Waals surface area contributed by atoms with Gasteiger partial charge < -0.3 is 15.7 Å². The summed E-state index contributed by atoms with van der Waals surface area (Å²) in [5.74, 6) is -1.04. The van der Waals surface area contributed by atoms with Gasteiger partial charge in [0.05, 0.1) is 5.92 Å². The van der Waals surface area contributed by atoms with E-state index in [4.69, 9.17) is 5.11 Å². The van der Waals surface area contributed by atoms with Gasteiger partial charge in [-0.3, -0.25) is 9.59 Å². The topological polar surface area (TPSA) is 78.4 Å². The third-order valence-electron chi connectivity index (χ3n) is 3.15. The Kier molecular flexibility index (Phi) is 5.14. The lowest BCUT2D eigenvalue weighted by Crippen LogP contribution is -2.40. The summed E-state index contributed by atoms with van der Waals surface area (Å²) in [6.45, 7) is 6.81. The number of rotatable bonds is 5. The molecular weight excluding hydrogens is 232 g/mol. The van der Waals surface area contributed by atoms with Gasteiger partial charge in [-0.1, -0.05) is 0 Å². The normalized spacial score (nSPS) is 23.9. The van der Waals surface area contributed by atoms with E-state index in [9.17, 15) is 9.59 Å². The third-order valence-corrected chi connectivity index (χ3v) is 3.15. The average molecular weight is 256 g/mol. The van der Waals surface area contributed by atoms with Gasteiger partial charge in [-0.05, 0) is 40.0 Å². The van der Waals surface area contributed by atoms with Gasteiger partial charge in [0.1, 0.15) is 0 Å². The van der Waals surface area contributed by atoms with Gasteiger partial charge >= 0.3 is 5.97 Å². The maximum absolute atomic E-state index is 11.7. The standard InChI is InChI=1S/C13H24N2O3/c1-13(2,3)14-7-6-11(16)15-10-5-4-9(8-10)12(17)18/h9-10,14H,4-8H2,1-3H3,(H,15,16)(H,17,18). The average Bonchev–Trinajstić information content (AvgIpc) is 2.64. The molecule has 1 rings (SSSR count). The Bertz CT molecular complexity index is 310. The molecule has 1 aliphatic rings. The second kappa shape index (κ2) is 6.18. The van der Waals surface area contributed by atoms with Crippen LogP contribution in [0.1, 0.15) is 46.5 Å². The molecule has 0 spiro atoms. The van der Waals surface area contributed by atoms with E-state index in [1.165, 1.54) is 0 Å². The molecule has 0 aromatic rings. The predicted molar refractivity (Wildman–Crippen MR) is 69.3 cm³/mol. The molecule has 0 aliphatic heterocycles. The van der Waals surface area contributed by atoms with Crippen molar-refractivity contribution in [1.29, 1.82) is 0 Å². The van der Waals surface area contributed by atoms with Crippen molar-refractivity contribution in [2.75, 3.05) is 6.54 Å². The van der Waals surface area contributed by atoms with E-state index in [1.807, 2.05) is 0 Å². The van der Waals surface area contributed by atoms with E-state index in [0.717, 1.165) is 6.42 Å². The fraction of sp³-hybridized carbons (Fsp3) is 0.846. The number of carboxylic acid groups (broad SMARTS) is 1. The Morgan fingerprint density at radius 3 is 2.44 bits per heavy atom. The molecule has 0 heterocycles. The molecule has 0 radical (unpaired) electrons. The number of hydrogen-bond donors (Lipinski definition) is 3. The molecule has 3 N–H and O–H groups in total. The highest BCUT2D eigenvalue weighted by Crippen LogP contribution is 2.25. The summed E-state index contributed by atoms with van der Waals surface area (Å²) >= 11 is 0. The van der Waals surface area contributed by atoms with Gasteiger partial charge in [-0.15, -0.1) is 0 Å². The van der Waals surface area contributed by atoms with Crippen molar-refractivity contribution in [2.45, 2.75) is 58.0 Å². The largest absolute Gasteiger partial charge is 0.481 e. The highest BCUT2D eigenvalue weighted by molar-refractivity contribution is 5.77. The summed E-state index contributed by atoms with van der Waals surface area (Å²) in [4.78, 5) is 22.5. The number of carbonyl (C=O) groups excluding carboxylic acids is 1. The van der Waals surface area contributed by atoms with Crippen molar-refractivity contribution in [2.24, 2.45) is 5.92 Å². The quantitative estimate of drug-likeness (QED) is 0.689. The number of hydrogen-bond acceptors (Lipinski definition) is 3. The Hall–Kier alpha value is -1.10. The highest BCUT2D eigenvalue weighted by Gasteiger charge is 2.30. The van der Waals surface area contributed by atoms with Crippen LogP contribution < -0.4 is 10.6 Å². The lowest BCUT2D eigenvalue weighted by atomic mass is 10.1. The number of aliphatic carboxylic acids is 1. The number of amides is 1. The first-order valence-corrected chi connectivity index (χ1v) is 6.55. The second-order valence-electron chi connectivity index (χ2n) is 6.04. The van der Waals surface area contributed by atoms with Crippen LogP contribution in [-0.4, -0.2) is 35.1 Å². The van der Waals surface area contributed by atoms with Crippen LogP contribution in [0.2, 0.25) is 0 Å². The Labute approximate surface area is 108 Å². The van der Waals surface area contributed by atoms with E-state index < -0.39 is 5.97 Å². The molecule has 0 saturated heterocycles. The molecule has 2 atom stereocenters. The van der Waals surface area contributed by atoms with Gasteiger partial charge in [0, 0.05) is 24.5 Å². The molecule has 0 bridgehead atoms. The van der Waals surface area contributed by atoms with Crippen molar-refractivity contribution < 1.29 is 14.7 Å². The molecule has 1 amide bonds. The second-order valence-corrected chi connectivity index (χ2v) is 6.04. The molecule has 1 aliphatic carbocycles. The summed E-state index contributed by atoms with van der Waals surface area (Å²) in [7, 11) is 0. The lowest BCUT2D eigenvalue weighted by Gasteiger charge is -2.20. The minimum atomic E-state index is -0.749. The summed E-state index contributed by atoms with van der Waals surface area (Å²) < 4.78 is 0. The van der Waals surface area contributed by atoms with Crippen LogP contribution in [0.5, 0.6) is 0 Å². The fourth-order valence-electron chi connectivity index (χ4n) is 2.19. The van der Waals surface area contributed by atoms with Gasteiger partial charge in [0.2, 0.25) is 5.91 Å². The molecule has 5 heteroatoms. The number of nitrogens with one attached hydrogen (secondary N) is 2. The smallest absolute Gasteiger partial charge is 0.306 e. The van der Waals surface area contributed by atoms with Crippen molar-refractivity contribution in [3.63, 3.8) is 0 Å². The van der Waals surface area contributed by atoms with Crippen LogP contribution in [0.4, 0.5) is 0 Å². The molecule has 1 fully saturated rings. The Balaban J connectivity index is 2.20. The monoisotopic (exact) mass is 256 g/mol. The Morgan fingerprint density at radius 1 is 1.28 bits per heavy atom. The predicted octanol–water partition coefficient (Wildman–Crippen LogP) is 1.13. The van der Waals surface area contributed by atoms with Crippen LogP contribution in [-0.2, 0) is 9.59 Å². The third kappa shape index (κ3) is 5.49. The molecule has 2 unspecified atom stereocenters. The molecule has 0 aromatic heterocycles. The number of carbonyl (C=O) groups is 2. The van der Waals surface area contributed by atoms with Crippen LogP contribution >= 0.6 is 0 Å². The van der Waals surface area contributed by atoms with E-state index in [1.54, 1.807) is 0 Å². The summed E-state index contributed by atoms with van der Waals surface area (Å²) in [6.07, 6.45) is 2.44. The summed E-state index contributed by atoms with van der Waals surface area (Å²) in [6, 6.07) is 0.0354. The highest BCUT2D eigenvalue weighted by atomic mass is 16.4. The zero-order valence-electron chi connectivity index (χ0n) is 11.5. The van der Waals surface area contributed by atoms with Gasteiger partial charge in [-0.2, -0.15) is 0 Å². The lowest BCUT2D eigenvalue weighted by molar-refractivity contribution is -0.141. The minimum Gasteiger partial charge on any atom is -0.481 e. The van der Waals surface area contributed by atoms with Crippen molar-refractivity contribution in [1.82, 2.24) is 10.6 Å². The SMILES string of the molecule is CC(C)(C)NCCC(=O)NC1CCC(C(=O)O)C1. The van der Waals surface area contributed by atoms with E-state index in [0.29, 0.717) is 25.8 Å². The minimum absolute atomic E-state index is 0.00258. The molecule has 104 valence electrons. The van der Waals surface area contributed by atoms with Crippen LogP contribution in [0.25, 0.3) is 0 Å². The first kappa shape index (κ1) is 15.0. The van der Waals surface area contributed by atoms with E-state index in [-0.39, 0.29) is 23.4 Å². The molecule has 0 aromatic carbocycles.